The minimum atomic E-state index is -0.205. The molecular formula is C19H18O4. The summed E-state index contributed by atoms with van der Waals surface area (Å²) in [7, 11) is 0. The maximum atomic E-state index is 12.3. The van der Waals surface area contributed by atoms with Crippen LogP contribution in [0.3, 0.4) is 0 Å². The number of carbonyl (C=O) groups is 1. The minimum absolute atomic E-state index is 0.205. The molecule has 2 aliphatic rings. The lowest BCUT2D eigenvalue weighted by atomic mass is 9.98. The van der Waals surface area contributed by atoms with Gasteiger partial charge in [-0.2, -0.15) is 0 Å². The lowest BCUT2D eigenvalue weighted by molar-refractivity contribution is -0.134. The highest BCUT2D eigenvalue weighted by Crippen LogP contribution is 2.36. The predicted molar refractivity (Wildman–Crippen MR) is 85.2 cm³/mol. The van der Waals surface area contributed by atoms with Crippen LogP contribution in [0.25, 0.3) is 0 Å². The lowest BCUT2D eigenvalue weighted by Crippen LogP contribution is -2.16. The number of hydrogen-bond donors (Lipinski definition) is 0. The fourth-order valence-corrected chi connectivity index (χ4v) is 3.32. The Balaban J connectivity index is 1.43. The summed E-state index contributed by atoms with van der Waals surface area (Å²) < 4.78 is 16.5. The van der Waals surface area contributed by atoms with Gasteiger partial charge in [0.2, 0.25) is 0 Å². The number of benzene rings is 2. The molecule has 1 heterocycles. The van der Waals surface area contributed by atoms with Gasteiger partial charge in [-0.1, -0.05) is 24.3 Å². The van der Waals surface area contributed by atoms with Crippen molar-refractivity contribution in [2.45, 2.75) is 25.2 Å². The molecule has 1 atom stereocenters. The number of esters is 1. The van der Waals surface area contributed by atoms with Gasteiger partial charge in [-0.25, -0.2) is 0 Å². The first-order valence-corrected chi connectivity index (χ1v) is 7.98. The summed E-state index contributed by atoms with van der Waals surface area (Å²) in [6, 6.07) is 13.6. The Morgan fingerprint density at radius 1 is 1.09 bits per heavy atom. The van der Waals surface area contributed by atoms with E-state index in [2.05, 4.69) is 18.2 Å². The van der Waals surface area contributed by atoms with Crippen LogP contribution in [0.5, 0.6) is 17.2 Å². The van der Waals surface area contributed by atoms with Gasteiger partial charge >= 0.3 is 5.97 Å². The molecule has 0 saturated carbocycles. The molecule has 0 amide bonds. The van der Waals surface area contributed by atoms with Crippen molar-refractivity contribution >= 4 is 5.97 Å². The average Bonchev–Trinajstić information content (AvgIpc) is 2.98. The molecule has 1 aliphatic heterocycles. The summed E-state index contributed by atoms with van der Waals surface area (Å²) in [6.45, 7) is 1.07. The summed E-state index contributed by atoms with van der Waals surface area (Å²) in [5.74, 6) is 1.89. The number of hydrogen-bond acceptors (Lipinski definition) is 4. The molecule has 0 fully saturated rings. The molecule has 0 radical (unpaired) electrons. The van der Waals surface area contributed by atoms with Crippen LogP contribution in [-0.4, -0.2) is 19.2 Å². The van der Waals surface area contributed by atoms with E-state index < -0.39 is 0 Å². The molecule has 0 spiro atoms. The van der Waals surface area contributed by atoms with E-state index in [0.29, 0.717) is 36.9 Å². The molecule has 4 nitrogen and oxygen atoms in total. The Morgan fingerprint density at radius 2 is 1.91 bits per heavy atom. The first-order chi connectivity index (χ1) is 11.3. The number of rotatable bonds is 3. The molecule has 0 N–H and O–H groups in total. The van der Waals surface area contributed by atoms with Crippen molar-refractivity contribution in [1.29, 1.82) is 0 Å². The molecule has 23 heavy (non-hydrogen) atoms. The van der Waals surface area contributed by atoms with Crippen LogP contribution in [-0.2, 0) is 11.2 Å². The zero-order chi connectivity index (χ0) is 15.6. The van der Waals surface area contributed by atoms with Crippen LogP contribution < -0.4 is 14.2 Å². The second-order valence-corrected chi connectivity index (χ2v) is 5.92. The minimum Gasteiger partial charge on any atom is -0.486 e. The van der Waals surface area contributed by atoms with Crippen molar-refractivity contribution in [3.63, 3.8) is 0 Å². The molecule has 2 aromatic rings. The normalized spacial score (nSPS) is 18.3. The smallest absolute Gasteiger partial charge is 0.311 e. The van der Waals surface area contributed by atoms with E-state index in [0.717, 1.165) is 12.8 Å². The van der Waals surface area contributed by atoms with Gasteiger partial charge in [0.1, 0.15) is 19.0 Å². The summed E-state index contributed by atoms with van der Waals surface area (Å²) in [6.07, 6.45) is 2.46. The topological polar surface area (TPSA) is 44.8 Å². The van der Waals surface area contributed by atoms with Crippen LogP contribution in [0.1, 0.15) is 29.9 Å². The molecule has 0 aromatic heterocycles. The van der Waals surface area contributed by atoms with Crippen molar-refractivity contribution in [2.24, 2.45) is 0 Å². The molecule has 0 saturated heterocycles. The van der Waals surface area contributed by atoms with Crippen LogP contribution in [0, 0.1) is 0 Å². The van der Waals surface area contributed by atoms with Crippen LogP contribution in [0.4, 0.5) is 0 Å². The number of ether oxygens (including phenoxy) is 3. The van der Waals surface area contributed by atoms with E-state index in [1.807, 2.05) is 6.07 Å². The Kier molecular flexibility index (Phi) is 3.66. The van der Waals surface area contributed by atoms with Crippen molar-refractivity contribution < 1.29 is 19.0 Å². The molecule has 2 aromatic carbocycles. The quantitative estimate of drug-likeness (QED) is 0.643. The van der Waals surface area contributed by atoms with Crippen LogP contribution >= 0.6 is 0 Å². The molecular weight excluding hydrogens is 292 g/mol. The van der Waals surface area contributed by atoms with Gasteiger partial charge in [0.05, 0.1) is 6.42 Å². The average molecular weight is 310 g/mol. The van der Waals surface area contributed by atoms with E-state index in [1.165, 1.54) is 11.1 Å². The maximum absolute atomic E-state index is 12.3. The molecule has 4 heteroatoms. The third-order valence-electron chi connectivity index (χ3n) is 4.42. The van der Waals surface area contributed by atoms with Gasteiger partial charge < -0.3 is 14.2 Å². The largest absolute Gasteiger partial charge is 0.486 e. The molecule has 0 bridgehead atoms. The van der Waals surface area contributed by atoms with Crippen LogP contribution in [0.15, 0.2) is 42.5 Å². The lowest BCUT2D eigenvalue weighted by Gasteiger charge is -2.18. The van der Waals surface area contributed by atoms with Gasteiger partial charge in [0.25, 0.3) is 0 Å². The second-order valence-electron chi connectivity index (χ2n) is 5.92. The zero-order valence-corrected chi connectivity index (χ0v) is 12.8. The Morgan fingerprint density at radius 3 is 2.83 bits per heavy atom. The van der Waals surface area contributed by atoms with Crippen molar-refractivity contribution in [1.82, 2.24) is 0 Å². The van der Waals surface area contributed by atoms with Gasteiger partial charge in [0, 0.05) is 6.07 Å². The second kappa shape index (κ2) is 5.95. The zero-order valence-electron chi connectivity index (χ0n) is 12.8. The standard InChI is InChI=1S/C19H18O4/c20-19(11-14-6-5-13-3-1-2-4-16(13)14)23-15-7-8-17-18(12-15)22-10-9-21-17/h1-4,7-8,12,14H,5-6,9-11H2. The highest BCUT2D eigenvalue weighted by Gasteiger charge is 2.25. The Bertz CT molecular complexity index is 738. The van der Waals surface area contributed by atoms with Gasteiger partial charge in [-0.15, -0.1) is 0 Å². The summed E-state index contributed by atoms with van der Waals surface area (Å²) >= 11 is 0. The van der Waals surface area contributed by atoms with Crippen LogP contribution in [0.2, 0.25) is 0 Å². The van der Waals surface area contributed by atoms with E-state index >= 15 is 0 Å². The third-order valence-corrected chi connectivity index (χ3v) is 4.42. The van der Waals surface area contributed by atoms with E-state index in [-0.39, 0.29) is 11.9 Å². The van der Waals surface area contributed by atoms with Crippen molar-refractivity contribution in [2.75, 3.05) is 13.2 Å². The highest BCUT2D eigenvalue weighted by atomic mass is 16.6. The fourth-order valence-electron chi connectivity index (χ4n) is 3.32. The number of fused-ring (bicyclic) bond motifs is 2. The van der Waals surface area contributed by atoms with Gasteiger partial charge in [-0.3, -0.25) is 4.79 Å². The van der Waals surface area contributed by atoms with Crippen molar-refractivity contribution in [3.8, 4) is 17.2 Å². The monoisotopic (exact) mass is 310 g/mol. The predicted octanol–water partition coefficient (Wildman–Crippen LogP) is 3.48. The first-order valence-electron chi connectivity index (χ1n) is 7.98. The fraction of sp³-hybridized carbons (Fsp3) is 0.316. The summed E-state index contributed by atoms with van der Waals surface area (Å²) in [5, 5.41) is 0. The molecule has 1 unspecified atom stereocenters. The summed E-state index contributed by atoms with van der Waals surface area (Å²) in [4.78, 5) is 12.3. The van der Waals surface area contributed by atoms with E-state index in [9.17, 15) is 4.79 Å². The Hall–Kier alpha value is -2.49. The Labute approximate surface area is 135 Å². The maximum Gasteiger partial charge on any atom is 0.311 e. The highest BCUT2D eigenvalue weighted by molar-refractivity contribution is 5.74. The SMILES string of the molecule is O=C(CC1CCc2ccccc21)Oc1ccc2c(c1)OCCO2. The molecule has 4 rings (SSSR count). The van der Waals surface area contributed by atoms with Crippen molar-refractivity contribution in [3.05, 3.63) is 53.6 Å². The van der Waals surface area contributed by atoms with E-state index in [4.69, 9.17) is 14.2 Å². The third kappa shape index (κ3) is 2.89. The number of carbonyl (C=O) groups excluding carboxylic acids is 1. The molecule has 1 aliphatic carbocycles. The van der Waals surface area contributed by atoms with E-state index in [1.54, 1.807) is 18.2 Å². The summed E-state index contributed by atoms with van der Waals surface area (Å²) in [5.41, 5.74) is 2.64. The first kappa shape index (κ1) is 14.1. The van der Waals surface area contributed by atoms with Gasteiger partial charge in [0.15, 0.2) is 11.5 Å². The number of aryl methyl sites for hydroxylation is 1. The molecule has 118 valence electrons. The van der Waals surface area contributed by atoms with Gasteiger partial charge in [-0.05, 0) is 42.0 Å².